The maximum atomic E-state index is 13.5. The number of rotatable bonds is 6. The summed E-state index contributed by atoms with van der Waals surface area (Å²) in [6.07, 6.45) is -0.240. The molecule has 1 aromatic heterocycles. The predicted molar refractivity (Wildman–Crippen MR) is 84.3 cm³/mol. The minimum absolute atomic E-state index is 0.343. The highest BCUT2D eigenvalue weighted by atomic mass is 79.9. The van der Waals surface area contributed by atoms with Gasteiger partial charge in [-0.3, -0.25) is 0 Å². The molecule has 1 heterocycles. The fourth-order valence-corrected chi connectivity index (χ4v) is 3.26. The second kappa shape index (κ2) is 7.31. The van der Waals surface area contributed by atoms with Gasteiger partial charge in [0.25, 0.3) is 0 Å². The Labute approximate surface area is 131 Å². The molecular weight excluding hydrogens is 341 g/mol. The van der Waals surface area contributed by atoms with Crippen LogP contribution in [-0.2, 0) is 6.54 Å². The summed E-state index contributed by atoms with van der Waals surface area (Å²) in [5.41, 5.74) is 1.61. The van der Waals surface area contributed by atoms with Crippen molar-refractivity contribution < 1.29 is 9.50 Å². The average Bonchev–Trinajstić information content (AvgIpc) is 2.82. The quantitative estimate of drug-likeness (QED) is 0.837. The number of aliphatic hydroxyl groups excluding tert-OH is 1. The normalized spacial score (nSPS) is 12.8. The Bertz CT molecular complexity index is 560. The van der Waals surface area contributed by atoms with Crippen molar-refractivity contribution in [2.24, 2.45) is 0 Å². The molecule has 2 rings (SSSR count). The van der Waals surface area contributed by atoms with Crippen molar-refractivity contribution in [1.82, 2.24) is 4.90 Å². The number of hydrogen-bond donors (Lipinski definition) is 1. The smallest absolute Gasteiger partial charge is 0.128 e. The van der Waals surface area contributed by atoms with E-state index in [2.05, 4.69) is 32.3 Å². The molecule has 0 aliphatic carbocycles. The van der Waals surface area contributed by atoms with Crippen LogP contribution < -0.4 is 0 Å². The number of hydrogen-bond acceptors (Lipinski definition) is 3. The number of benzene rings is 1. The summed E-state index contributed by atoms with van der Waals surface area (Å²) in [6.45, 7) is 1.54. The topological polar surface area (TPSA) is 23.5 Å². The molecule has 20 heavy (non-hydrogen) atoms. The van der Waals surface area contributed by atoms with Gasteiger partial charge in [0, 0.05) is 18.7 Å². The highest BCUT2D eigenvalue weighted by Gasteiger charge is 2.13. The van der Waals surface area contributed by atoms with Crippen LogP contribution in [0, 0.1) is 5.82 Å². The van der Waals surface area contributed by atoms with Crippen LogP contribution in [0.25, 0.3) is 0 Å². The molecule has 0 radical (unpaired) electrons. The van der Waals surface area contributed by atoms with Crippen LogP contribution in [-0.4, -0.2) is 23.6 Å². The highest BCUT2D eigenvalue weighted by Crippen LogP contribution is 2.23. The van der Waals surface area contributed by atoms with Gasteiger partial charge in [-0.05, 0) is 52.5 Å². The van der Waals surface area contributed by atoms with E-state index in [0.29, 0.717) is 18.5 Å². The minimum Gasteiger partial charge on any atom is -0.388 e. The maximum absolute atomic E-state index is 13.5. The number of thiophene rings is 1. The van der Waals surface area contributed by atoms with E-state index in [1.807, 2.05) is 7.05 Å². The van der Waals surface area contributed by atoms with Gasteiger partial charge in [-0.15, -0.1) is 11.3 Å². The zero-order valence-electron chi connectivity index (χ0n) is 11.2. The average molecular weight is 358 g/mol. The molecule has 0 amide bonds. The number of halogens is 2. The van der Waals surface area contributed by atoms with E-state index in [1.165, 1.54) is 11.6 Å². The summed E-state index contributed by atoms with van der Waals surface area (Å²) >= 11 is 5.10. The van der Waals surface area contributed by atoms with Gasteiger partial charge in [-0.1, -0.05) is 18.2 Å². The Kier molecular flexibility index (Phi) is 5.72. The van der Waals surface area contributed by atoms with Crippen molar-refractivity contribution in [2.75, 3.05) is 13.6 Å². The van der Waals surface area contributed by atoms with Crippen molar-refractivity contribution in [3.63, 3.8) is 0 Å². The van der Waals surface area contributed by atoms with Crippen LogP contribution in [0.1, 0.15) is 23.7 Å². The van der Waals surface area contributed by atoms with Crippen LogP contribution in [0.3, 0.4) is 0 Å². The summed E-state index contributed by atoms with van der Waals surface area (Å²) in [4.78, 5) is 2.12. The molecule has 2 nitrogen and oxygen atoms in total. The van der Waals surface area contributed by atoms with Gasteiger partial charge in [0.1, 0.15) is 5.82 Å². The Morgan fingerprint density at radius 2 is 2.15 bits per heavy atom. The highest BCUT2D eigenvalue weighted by molar-refractivity contribution is 9.11. The molecule has 108 valence electrons. The van der Waals surface area contributed by atoms with Gasteiger partial charge < -0.3 is 10.0 Å². The van der Waals surface area contributed by atoms with E-state index in [4.69, 9.17) is 0 Å². The fraction of sp³-hybridized carbons (Fsp3) is 0.333. The van der Waals surface area contributed by atoms with Gasteiger partial charge in [-0.25, -0.2) is 4.39 Å². The zero-order valence-corrected chi connectivity index (χ0v) is 13.6. The van der Waals surface area contributed by atoms with Crippen LogP contribution >= 0.6 is 27.3 Å². The Morgan fingerprint density at radius 3 is 2.80 bits per heavy atom. The molecule has 0 spiro atoms. The van der Waals surface area contributed by atoms with Crippen molar-refractivity contribution in [3.05, 3.63) is 56.4 Å². The van der Waals surface area contributed by atoms with Gasteiger partial charge >= 0.3 is 0 Å². The summed E-state index contributed by atoms with van der Waals surface area (Å²) in [7, 11) is 2.00. The largest absolute Gasteiger partial charge is 0.388 e. The lowest BCUT2D eigenvalue weighted by atomic mass is 10.1. The first-order valence-electron chi connectivity index (χ1n) is 6.40. The van der Waals surface area contributed by atoms with E-state index in [0.717, 1.165) is 10.3 Å². The lowest BCUT2D eigenvalue weighted by Gasteiger charge is -2.18. The molecule has 1 aromatic carbocycles. The number of aliphatic hydroxyl groups is 1. The third-order valence-corrected chi connectivity index (χ3v) is 4.68. The fourth-order valence-electron chi connectivity index (χ4n) is 2.06. The first kappa shape index (κ1) is 15.6. The summed E-state index contributed by atoms with van der Waals surface area (Å²) in [6, 6.07) is 8.48. The molecule has 1 N–H and O–H groups in total. The minimum atomic E-state index is -0.757. The second-order valence-electron chi connectivity index (χ2n) is 4.82. The van der Waals surface area contributed by atoms with Crippen molar-refractivity contribution >= 4 is 27.3 Å². The molecule has 0 aliphatic rings. The van der Waals surface area contributed by atoms with Crippen LogP contribution in [0.4, 0.5) is 4.39 Å². The van der Waals surface area contributed by atoms with Crippen LogP contribution in [0.5, 0.6) is 0 Å². The van der Waals surface area contributed by atoms with Gasteiger partial charge in [-0.2, -0.15) is 0 Å². The maximum Gasteiger partial charge on any atom is 0.128 e. The lowest BCUT2D eigenvalue weighted by molar-refractivity contribution is 0.144. The first-order valence-corrected chi connectivity index (χ1v) is 8.07. The lowest BCUT2D eigenvalue weighted by Crippen LogP contribution is -2.20. The van der Waals surface area contributed by atoms with Gasteiger partial charge in [0.15, 0.2) is 0 Å². The Morgan fingerprint density at radius 1 is 1.40 bits per heavy atom. The molecule has 1 unspecified atom stereocenters. The second-order valence-corrected chi connectivity index (χ2v) is 7.11. The monoisotopic (exact) mass is 357 g/mol. The summed E-state index contributed by atoms with van der Waals surface area (Å²) in [5.74, 6) is -0.343. The zero-order chi connectivity index (χ0) is 14.5. The summed E-state index contributed by atoms with van der Waals surface area (Å²) < 4.78 is 14.7. The SMILES string of the molecule is CN(CCC(O)c1ccccc1F)Cc1csc(Br)c1. The Hall–Kier alpha value is -0.750. The Balaban J connectivity index is 1.84. The predicted octanol–water partition coefficient (Wildman–Crippen LogP) is 4.21. The van der Waals surface area contributed by atoms with Crippen LogP contribution in [0.2, 0.25) is 0 Å². The van der Waals surface area contributed by atoms with Gasteiger partial charge in [0.2, 0.25) is 0 Å². The molecule has 5 heteroatoms. The van der Waals surface area contributed by atoms with E-state index in [9.17, 15) is 9.50 Å². The van der Waals surface area contributed by atoms with Crippen molar-refractivity contribution in [1.29, 1.82) is 0 Å². The summed E-state index contributed by atoms with van der Waals surface area (Å²) in [5, 5.41) is 12.2. The molecule has 0 fully saturated rings. The molecule has 0 saturated heterocycles. The van der Waals surface area contributed by atoms with E-state index in [1.54, 1.807) is 29.5 Å². The third-order valence-electron chi connectivity index (χ3n) is 3.12. The molecule has 0 bridgehead atoms. The molecule has 0 saturated carbocycles. The number of nitrogens with zero attached hydrogens (tertiary/aromatic N) is 1. The van der Waals surface area contributed by atoms with E-state index >= 15 is 0 Å². The van der Waals surface area contributed by atoms with Gasteiger partial charge in [0.05, 0.1) is 9.89 Å². The standard InChI is InChI=1S/C15H17BrFNOS/c1-18(9-11-8-15(16)20-10-11)7-6-14(19)12-4-2-3-5-13(12)17/h2-5,8,10,14,19H,6-7,9H2,1H3. The van der Waals surface area contributed by atoms with E-state index < -0.39 is 6.10 Å². The van der Waals surface area contributed by atoms with Crippen molar-refractivity contribution in [3.8, 4) is 0 Å². The molecular formula is C15H17BrFNOS. The molecule has 0 aliphatic heterocycles. The van der Waals surface area contributed by atoms with Crippen molar-refractivity contribution in [2.45, 2.75) is 19.1 Å². The van der Waals surface area contributed by atoms with E-state index in [-0.39, 0.29) is 5.82 Å². The first-order chi connectivity index (χ1) is 9.56. The van der Waals surface area contributed by atoms with Crippen LogP contribution in [0.15, 0.2) is 39.5 Å². The third kappa shape index (κ3) is 4.38. The molecule has 2 aromatic rings. The molecule has 1 atom stereocenters.